The molecule has 0 aliphatic rings. The molecule has 0 aliphatic heterocycles. The van der Waals surface area contributed by atoms with E-state index < -0.39 is 0 Å². The van der Waals surface area contributed by atoms with Crippen molar-refractivity contribution in [2.24, 2.45) is 0 Å². The molecule has 0 saturated carbocycles. The predicted molar refractivity (Wildman–Crippen MR) is 67.2 cm³/mol. The van der Waals surface area contributed by atoms with Crippen LogP contribution in [0.25, 0.3) is 0 Å². The van der Waals surface area contributed by atoms with Gasteiger partial charge >= 0.3 is 0 Å². The highest BCUT2D eigenvalue weighted by Crippen LogP contribution is 2.23. The summed E-state index contributed by atoms with van der Waals surface area (Å²) in [7, 11) is 1.90. The van der Waals surface area contributed by atoms with Gasteiger partial charge in [-0.3, -0.25) is 4.98 Å². The summed E-state index contributed by atoms with van der Waals surface area (Å²) in [4.78, 5) is 6.18. The molecule has 2 N–H and O–H groups in total. The molecule has 0 radical (unpaired) electrons. The van der Waals surface area contributed by atoms with Crippen molar-refractivity contribution in [3.05, 3.63) is 54.1 Å². The summed E-state index contributed by atoms with van der Waals surface area (Å²) >= 11 is 0. The highest BCUT2D eigenvalue weighted by atomic mass is 19.1. The molecule has 1 aromatic heterocycles. The van der Waals surface area contributed by atoms with Gasteiger partial charge in [0.25, 0.3) is 0 Å². The second-order valence-electron chi connectivity index (χ2n) is 3.88. The SMILES string of the molecule is CN(Cc1ccccn1)c1ccc(F)cc1N. The van der Waals surface area contributed by atoms with E-state index in [0.29, 0.717) is 12.2 Å². The standard InChI is InChI=1S/C13H14FN3/c1-17(9-11-4-2-3-7-16-11)13-6-5-10(14)8-12(13)15/h2-8H,9,15H2,1H3. The number of hydrogen-bond donors (Lipinski definition) is 1. The summed E-state index contributed by atoms with van der Waals surface area (Å²) in [6.07, 6.45) is 1.75. The van der Waals surface area contributed by atoms with Gasteiger partial charge in [0.1, 0.15) is 5.82 Å². The van der Waals surface area contributed by atoms with Gasteiger partial charge in [-0.25, -0.2) is 4.39 Å². The zero-order valence-corrected chi connectivity index (χ0v) is 9.60. The number of rotatable bonds is 3. The van der Waals surface area contributed by atoms with Gasteiger partial charge in [0.05, 0.1) is 23.6 Å². The number of nitrogens with zero attached hydrogens (tertiary/aromatic N) is 2. The summed E-state index contributed by atoms with van der Waals surface area (Å²) < 4.78 is 12.9. The van der Waals surface area contributed by atoms with Crippen LogP contribution in [0.15, 0.2) is 42.6 Å². The molecular weight excluding hydrogens is 217 g/mol. The molecule has 88 valence electrons. The second-order valence-corrected chi connectivity index (χ2v) is 3.88. The molecule has 0 atom stereocenters. The zero-order chi connectivity index (χ0) is 12.3. The number of halogens is 1. The second kappa shape index (κ2) is 4.82. The monoisotopic (exact) mass is 231 g/mol. The lowest BCUT2D eigenvalue weighted by Crippen LogP contribution is -2.18. The molecule has 3 nitrogen and oxygen atoms in total. The van der Waals surface area contributed by atoms with Crippen LogP contribution in [0.4, 0.5) is 15.8 Å². The van der Waals surface area contributed by atoms with Gasteiger partial charge in [-0.2, -0.15) is 0 Å². The number of anilines is 2. The van der Waals surface area contributed by atoms with Crippen LogP contribution in [0.1, 0.15) is 5.69 Å². The van der Waals surface area contributed by atoms with Gasteiger partial charge < -0.3 is 10.6 Å². The van der Waals surface area contributed by atoms with Gasteiger partial charge in [-0.1, -0.05) is 6.07 Å². The van der Waals surface area contributed by atoms with Crippen LogP contribution < -0.4 is 10.6 Å². The molecule has 4 heteroatoms. The average molecular weight is 231 g/mol. The Morgan fingerprint density at radius 3 is 2.76 bits per heavy atom. The molecule has 0 aliphatic carbocycles. The Morgan fingerprint density at radius 2 is 2.12 bits per heavy atom. The number of pyridine rings is 1. The van der Waals surface area contributed by atoms with Crippen molar-refractivity contribution in [3.8, 4) is 0 Å². The first-order valence-electron chi connectivity index (χ1n) is 5.33. The molecule has 0 saturated heterocycles. The van der Waals surface area contributed by atoms with Gasteiger partial charge in [0, 0.05) is 13.2 Å². The van der Waals surface area contributed by atoms with Crippen LogP contribution in [0.3, 0.4) is 0 Å². The molecule has 1 aromatic carbocycles. The Balaban J connectivity index is 2.17. The first-order chi connectivity index (χ1) is 8.16. The number of benzene rings is 1. The third-order valence-corrected chi connectivity index (χ3v) is 2.53. The number of nitrogen functional groups attached to an aromatic ring is 1. The highest BCUT2D eigenvalue weighted by molar-refractivity contribution is 5.67. The van der Waals surface area contributed by atoms with Gasteiger partial charge in [-0.05, 0) is 30.3 Å². The Bertz CT molecular complexity index is 499. The van der Waals surface area contributed by atoms with Crippen LogP contribution in [-0.4, -0.2) is 12.0 Å². The van der Waals surface area contributed by atoms with Crippen molar-refractivity contribution < 1.29 is 4.39 Å². The Hall–Kier alpha value is -2.10. The maximum absolute atomic E-state index is 12.9. The third kappa shape index (κ3) is 2.72. The summed E-state index contributed by atoms with van der Waals surface area (Å²) in [6.45, 7) is 0.636. The predicted octanol–water partition coefficient (Wildman–Crippen LogP) is 2.44. The lowest BCUT2D eigenvalue weighted by Gasteiger charge is -2.20. The molecule has 0 amide bonds. The van der Waals surface area contributed by atoms with Gasteiger partial charge in [-0.15, -0.1) is 0 Å². The van der Waals surface area contributed by atoms with E-state index in [0.717, 1.165) is 11.4 Å². The van der Waals surface area contributed by atoms with Crippen molar-refractivity contribution >= 4 is 11.4 Å². The lowest BCUT2D eigenvalue weighted by molar-refractivity contribution is 0.628. The third-order valence-electron chi connectivity index (χ3n) is 2.53. The van der Waals surface area contributed by atoms with Crippen molar-refractivity contribution in [2.75, 3.05) is 17.7 Å². The van der Waals surface area contributed by atoms with Crippen molar-refractivity contribution in [1.29, 1.82) is 0 Å². The molecule has 0 unspecified atom stereocenters. The molecule has 0 spiro atoms. The Kier molecular flexibility index (Phi) is 3.23. The van der Waals surface area contributed by atoms with E-state index in [1.165, 1.54) is 12.1 Å². The fourth-order valence-electron chi connectivity index (χ4n) is 1.69. The van der Waals surface area contributed by atoms with Crippen molar-refractivity contribution in [2.45, 2.75) is 6.54 Å². The molecular formula is C13H14FN3. The van der Waals surface area contributed by atoms with Crippen molar-refractivity contribution in [1.82, 2.24) is 4.98 Å². The fraction of sp³-hybridized carbons (Fsp3) is 0.154. The summed E-state index contributed by atoms with van der Waals surface area (Å²) in [5, 5.41) is 0. The van der Waals surface area contributed by atoms with Crippen LogP contribution in [0, 0.1) is 5.82 Å². The maximum atomic E-state index is 12.9. The van der Waals surface area contributed by atoms with Crippen LogP contribution in [0.2, 0.25) is 0 Å². The van der Waals surface area contributed by atoms with Crippen molar-refractivity contribution in [3.63, 3.8) is 0 Å². The molecule has 17 heavy (non-hydrogen) atoms. The smallest absolute Gasteiger partial charge is 0.125 e. The zero-order valence-electron chi connectivity index (χ0n) is 9.60. The Labute approximate surface area is 99.7 Å². The largest absolute Gasteiger partial charge is 0.397 e. The molecule has 2 rings (SSSR count). The maximum Gasteiger partial charge on any atom is 0.125 e. The molecule has 2 aromatic rings. The van der Waals surface area contributed by atoms with Crippen LogP contribution >= 0.6 is 0 Å². The average Bonchev–Trinajstić information content (AvgIpc) is 2.30. The minimum atomic E-state index is -0.322. The minimum absolute atomic E-state index is 0.322. The summed E-state index contributed by atoms with van der Waals surface area (Å²) in [5.41, 5.74) is 7.95. The molecule has 0 bridgehead atoms. The first-order valence-corrected chi connectivity index (χ1v) is 5.33. The quantitative estimate of drug-likeness (QED) is 0.825. The fourth-order valence-corrected chi connectivity index (χ4v) is 1.69. The molecule has 1 heterocycles. The number of aromatic nitrogens is 1. The first kappa shape index (κ1) is 11.4. The topological polar surface area (TPSA) is 42.2 Å². The van der Waals surface area contributed by atoms with E-state index in [9.17, 15) is 4.39 Å². The minimum Gasteiger partial charge on any atom is -0.397 e. The summed E-state index contributed by atoms with van der Waals surface area (Å²) in [6, 6.07) is 10.1. The lowest BCUT2D eigenvalue weighted by atomic mass is 10.2. The van der Waals surface area contributed by atoms with E-state index in [2.05, 4.69) is 4.98 Å². The van der Waals surface area contributed by atoms with E-state index in [1.54, 1.807) is 12.3 Å². The van der Waals surface area contributed by atoms with E-state index in [4.69, 9.17) is 5.73 Å². The highest BCUT2D eigenvalue weighted by Gasteiger charge is 2.07. The summed E-state index contributed by atoms with van der Waals surface area (Å²) in [5.74, 6) is -0.322. The van der Waals surface area contributed by atoms with Gasteiger partial charge in [0.15, 0.2) is 0 Å². The van der Waals surface area contributed by atoms with E-state index >= 15 is 0 Å². The van der Waals surface area contributed by atoms with E-state index in [-0.39, 0.29) is 5.82 Å². The van der Waals surface area contributed by atoms with Gasteiger partial charge in [0.2, 0.25) is 0 Å². The van der Waals surface area contributed by atoms with Crippen LogP contribution in [-0.2, 0) is 6.54 Å². The van der Waals surface area contributed by atoms with Crippen LogP contribution in [0.5, 0.6) is 0 Å². The number of nitrogens with two attached hydrogens (primary N) is 1. The molecule has 0 fully saturated rings. The number of hydrogen-bond acceptors (Lipinski definition) is 3. The van der Waals surface area contributed by atoms with E-state index in [1.807, 2.05) is 30.1 Å². The Morgan fingerprint density at radius 1 is 1.29 bits per heavy atom. The normalized spacial score (nSPS) is 10.2.